The highest BCUT2D eigenvalue weighted by Crippen LogP contribution is 2.13. The van der Waals surface area contributed by atoms with Crippen molar-refractivity contribution in [2.24, 2.45) is 10.9 Å². The lowest BCUT2D eigenvalue weighted by molar-refractivity contribution is 0.124. The van der Waals surface area contributed by atoms with Crippen molar-refractivity contribution in [1.82, 2.24) is 20.4 Å². The fraction of sp³-hybridized carbons (Fsp3) is 0.667. The molecule has 1 aliphatic heterocycles. The van der Waals surface area contributed by atoms with Crippen LogP contribution in [0.5, 0.6) is 5.75 Å². The van der Waals surface area contributed by atoms with E-state index in [9.17, 15) is 4.39 Å². The highest BCUT2D eigenvalue weighted by atomic mass is 127. The van der Waals surface area contributed by atoms with Gasteiger partial charge in [-0.25, -0.2) is 4.39 Å². The highest BCUT2D eigenvalue weighted by Gasteiger charge is 2.17. The van der Waals surface area contributed by atoms with Crippen LogP contribution >= 0.6 is 24.0 Å². The average Bonchev–Trinajstić information content (AvgIpc) is 2.68. The maximum atomic E-state index is 13.2. The zero-order valence-electron chi connectivity index (χ0n) is 18.2. The molecule has 6 nitrogen and oxygen atoms in total. The lowest BCUT2D eigenvalue weighted by atomic mass is 10.1. The number of aliphatic imine (C=N–C) groups is 1. The van der Waals surface area contributed by atoms with Gasteiger partial charge in [0.1, 0.15) is 17.7 Å². The maximum Gasteiger partial charge on any atom is 0.191 e. The van der Waals surface area contributed by atoms with Crippen LogP contribution in [0.25, 0.3) is 0 Å². The van der Waals surface area contributed by atoms with Crippen LogP contribution in [0.1, 0.15) is 20.8 Å². The number of nitrogens with one attached hydrogen (secondary N) is 2. The number of nitrogens with zero attached hydrogens (tertiary/aromatic N) is 3. The Kier molecular flexibility index (Phi) is 12.5. The predicted molar refractivity (Wildman–Crippen MR) is 129 cm³/mol. The van der Waals surface area contributed by atoms with E-state index in [1.807, 2.05) is 6.92 Å². The van der Waals surface area contributed by atoms with Crippen LogP contribution in [0.2, 0.25) is 0 Å². The second kappa shape index (κ2) is 14.0. The van der Waals surface area contributed by atoms with Gasteiger partial charge in [-0.3, -0.25) is 4.99 Å². The number of hydrogen-bond acceptors (Lipinski definition) is 4. The lowest BCUT2D eigenvalue weighted by Gasteiger charge is -2.35. The van der Waals surface area contributed by atoms with Crippen LogP contribution < -0.4 is 15.4 Å². The Hall–Kier alpha value is -1.13. The SMILES string of the molecule is CCN1CCN(CC(C)CNC(=NC)NCC(C)Oc2cccc(F)c2)CC1.I. The minimum Gasteiger partial charge on any atom is -0.489 e. The largest absolute Gasteiger partial charge is 0.489 e. The van der Waals surface area contributed by atoms with Crippen molar-refractivity contribution in [2.45, 2.75) is 26.9 Å². The molecule has 0 saturated carbocycles. The smallest absolute Gasteiger partial charge is 0.191 e. The average molecular weight is 521 g/mol. The highest BCUT2D eigenvalue weighted by molar-refractivity contribution is 14.0. The van der Waals surface area contributed by atoms with Gasteiger partial charge in [0.05, 0.1) is 6.54 Å². The monoisotopic (exact) mass is 521 g/mol. The number of ether oxygens (including phenoxy) is 1. The summed E-state index contributed by atoms with van der Waals surface area (Å²) in [6.07, 6.45) is -0.104. The van der Waals surface area contributed by atoms with Crippen molar-refractivity contribution in [3.63, 3.8) is 0 Å². The van der Waals surface area contributed by atoms with Gasteiger partial charge < -0.3 is 25.2 Å². The molecule has 29 heavy (non-hydrogen) atoms. The van der Waals surface area contributed by atoms with Crippen LogP contribution in [0, 0.1) is 11.7 Å². The molecule has 1 aromatic rings. The molecular weight excluding hydrogens is 484 g/mol. The number of rotatable bonds is 9. The van der Waals surface area contributed by atoms with Crippen LogP contribution in [0.15, 0.2) is 29.3 Å². The Morgan fingerprint density at radius 3 is 2.41 bits per heavy atom. The lowest BCUT2D eigenvalue weighted by Crippen LogP contribution is -2.49. The van der Waals surface area contributed by atoms with E-state index in [1.54, 1.807) is 19.2 Å². The molecule has 1 aromatic carbocycles. The first-order chi connectivity index (χ1) is 13.5. The van der Waals surface area contributed by atoms with Crippen LogP contribution in [-0.4, -0.2) is 81.3 Å². The minimum absolute atomic E-state index is 0. The van der Waals surface area contributed by atoms with Gasteiger partial charge in [0.25, 0.3) is 0 Å². The quantitative estimate of drug-likeness (QED) is 0.298. The number of hydrogen-bond donors (Lipinski definition) is 2. The van der Waals surface area contributed by atoms with E-state index >= 15 is 0 Å². The third-order valence-electron chi connectivity index (χ3n) is 5.01. The second-order valence-electron chi connectivity index (χ2n) is 7.56. The van der Waals surface area contributed by atoms with Crippen molar-refractivity contribution in [3.8, 4) is 5.75 Å². The summed E-state index contributed by atoms with van der Waals surface area (Å²) in [4.78, 5) is 9.32. The van der Waals surface area contributed by atoms with Gasteiger partial charge in [-0.2, -0.15) is 0 Å². The molecule has 0 aliphatic carbocycles. The molecule has 1 aliphatic rings. The molecule has 166 valence electrons. The van der Waals surface area contributed by atoms with Gasteiger partial charge in [-0.05, 0) is 31.5 Å². The Morgan fingerprint density at radius 1 is 1.14 bits per heavy atom. The van der Waals surface area contributed by atoms with E-state index < -0.39 is 0 Å². The zero-order valence-corrected chi connectivity index (χ0v) is 20.5. The number of benzene rings is 1. The van der Waals surface area contributed by atoms with Gasteiger partial charge in [0, 0.05) is 52.4 Å². The summed E-state index contributed by atoms with van der Waals surface area (Å²) in [5, 5.41) is 6.67. The molecule has 1 fully saturated rings. The van der Waals surface area contributed by atoms with Gasteiger partial charge in [0.15, 0.2) is 5.96 Å². The molecule has 0 spiro atoms. The molecule has 2 unspecified atom stereocenters. The normalized spacial score (nSPS) is 17.9. The first kappa shape index (κ1) is 25.9. The van der Waals surface area contributed by atoms with E-state index in [-0.39, 0.29) is 35.9 Å². The zero-order chi connectivity index (χ0) is 20.4. The van der Waals surface area contributed by atoms with E-state index in [4.69, 9.17) is 4.74 Å². The Morgan fingerprint density at radius 2 is 1.79 bits per heavy atom. The molecule has 0 amide bonds. The second-order valence-corrected chi connectivity index (χ2v) is 7.56. The van der Waals surface area contributed by atoms with E-state index in [0.717, 1.165) is 38.7 Å². The number of halogens is 2. The fourth-order valence-corrected chi connectivity index (χ4v) is 3.34. The maximum absolute atomic E-state index is 13.2. The fourth-order valence-electron chi connectivity index (χ4n) is 3.34. The molecule has 0 radical (unpaired) electrons. The Labute approximate surface area is 192 Å². The molecule has 1 saturated heterocycles. The topological polar surface area (TPSA) is 52.1 Å². The van der Waals surface area contributed by atoms with Crippen LogP contribution in [0.4, 0.5) is 4.39 Å². The third-order valence-corrected chi connectivity index (χ3v) is 5.01. The summed E-state index contributed by atoms with van der Waals surface area (Å²) in [6.45, 7) is 14.8. The van der Waals surface area contributed by atoms with E-state index in [0.29, 0.717) is 18.2 Å². The first-order valence-corrected chi connectivity index (χ1v) is 10.3. The summed E-state index contributed by atoms with van der Waals surface area (Å²) in [7, 11) is 1.77. The summed E-state index contributed by atoms with van der Waals surface area (Å²) in [6, 6.07) is 6.21. The summed E-state index contributed by atoms with van der Waals surface area (Å²) in [5.41, 5.74) is 0. The molecule has 1 heterocycles. The standard InChI is InChI=1S/C21H36FN5O.HI/c1-5-26-9-11-27(12-10-26)16-17(2)14-24-21(23-4)25-15-18(3)28-20-8-6-7-19(22)13-20;/h6-8,13,17-18H,5,9-12,14-16H2,1-4H3,(H2,23,24,25);1H. The minimum atomic E-state index is -0.291. The van der Waals surface area contributed by atoms with Crippen LogP contribution in [0.3, 0.4) is 0 Å². The van der Waals surface area contributed by atoms with Crippen molar-refractivity contribution >= 4 is 29.9 Å². The molecule has 2 atom stereocenters. The van der Waals surface area contributed by atoms with Crippen molar-refractivity contribution in [1.29, 1.82) is 0 Å². The first-order valence-electron chi connectivity index (χ1n) is 10.3. The molecular formula is C21H37FIN5O. The molecule has 0 bridgehead atoms. The molecule has 8 heteroatoms. The van der Waals surface area contributed by atoms with Gasteiger partial charge >= 0.3 is 0 Å². The molecule has 0 aromatic heterocycles. The summed E-state index contributed by atoms with van der Waals surface area (Å²) >= 11 is 0. The van der Waals surface area contributed by atoms with Gasteiger partial charge in [-0.1, -0.05) is 19.9 Å². The van der Waals surface area contributed by atoms with Crippen molar-refractivity contribution < 1.29 is 9.13 Å². The number of likely N-dealkylation sites (N-methyl/N-ethyl adjacent to an activating group) is 1. The summed E-state index contributed by atoms with van der Waals surface area (Å²) < 4.78 is 19.0. The third kappa shape index (κ3) is 9.95. The van der Waals surface area contributed by atoms with E-state index in [1.165, 1.54) is 25.2 Å². The number of guanidine groups is 1. The Bertz CT molecular complexity index is 610. The van der Waals surface area contributed by atoms with E-state index in [2.05, 4.69) is 39.3 Å². The van der Waals surface area contributed by atoms with Gasteiger partial charge in [-0.15, -0.1) is 24.0 Å². The summed E-state index contributed by atoms with van der Waals surface area (Å²) in [5.74, 6) is 1.54. The Balaban J connectivity index is 0.00000420. The van der Waals surface area contributed by atoms with Crippen molar-refractivity contribution in [2.75, 3.05) is 59.4 Å². The van der Waals surface area contributed by atoms with Crippen LogP contribution in [-0.2, 0) is 0 Å². The van der Waals surface area contributed by atoms with Gasteiger partial charge in [0.2, 0.25) is 0 Å². The molecule has 2 rings (SSSR count). The van der Waals surface area contributed by atoms with Crippen molar-refractivity contribution in [3.05, 3.63) is 30.1 Å². The molecule has 2 N–H and O–H groups in total. The number of piperazine rings is 1. The predicted octanol–water partition coefficient (Wildman–Crippen LogP) is 2.65.